The van der Waals surface area contributed by atoms with Crippen molar-refractivity contribution in [3.8, 4) is 5.75 Å². The van der Waals surface area contributed by atoms with E-state index in [1.165, 1.54) is 0 Å². The number of ether oxygens (including phenoxy) is 1. The summed E-state index contributed by atoms with van der Waals surface area (Å²) in [5, 5.41) is 10.9. The standard InChI is InChI=1S/C15H23Cl2NO2/c1-3-5-20-15-13(7-11(16)8-14(15)17)10(4-2)6-12(19)9-18/h7-8,10,12,19H,3-6,9,18H2,1-2H3. The van der Waals surface area contributed by atoms with Crippen molar-refractivity contribution in [2.75, 3.05) is 13.2 Å². The molecular weight excluding hydrogens is 297 g/mol. The van der Waals surface area contributed by atoms with E-state index in [2.05, 4.69) is 6.92 Å². The monoisotopic (exact) mass is 319 g/mol. The van der Waals surface area contributed by atoms with Gasteiger partial charge in [-0.15, -0.1) is 0 Å². The zero-order valence-corrected chi connectivity index (χ0v) is 13.5. The second kappa shape index (κ2) is 8.73. The van der Waals surface area contributed by atoms with Crippen molar-refractivity contribution in [2.45, 2.75) is 45.1 Å². The fraction of sp³-hybridized carbons (Fsp3) is 0.600. The highest BCUT2D eigenvalue weighted by molar-refractivity contribution is 6.35. The highest BCUT2D eigenvalue weighted by atomic mass is 35.5. The third kappa shape index (κ3) is 4.81. The van der Waals surface area contributed by atoms with Crippen LogP contribution < -0.4 is 10.5 Å². The van der Waals surface area contributed by atoms with Crippen molar-refractivity contribution in [3.63, 3.8) is 0 Å². The van der Waals surface area contributed by atoms with Crippen LogP contribution in [0.25, 0.3) is 0 Å². The Morgan fingerprint density at radius 1 is 1.30 bits per heavy atom. The second-order valence-corrected chi connectivity index (χ2v) is 5.73. The Morgan fingerprint density at radius 3 is 2.55 bits per heavy atom. The summed E-state index contributed by atoms with van der Waals surface area (Å²) in [5.74, 6) is 0.797. The van der Waals surface area contributed by atoms with Crippen LogP contribution in [0.15, 0.2) is 12.1 Å². The average Bonchev–Trinajstić information content (AvgIpc) is 2.42. The largest absolute Gasteiger partial charge is 0.492 e. The molecule has 0 fully saturated rings. The van der Waals surface area contributed by atoms with Gasteiger partial charge in [-0.2, -0.15) is 0 Å². The molecule has 114 valence electrons. The van der Waals surface area contributed by atoms with Crippen molar-refractivity contribution in [1.29, 1.82) is 0 Å². The molecule has 1 rings (SSSR count). The van der Waals surface area contributed by atoms with E-state index < -0.39 is 6.10 Å². The molecule has 0 heterocycles. The van der Waals surface area contributed by atoms with Crippen molar-refractivity contribution in [1.82, 2.24) is 0 Å². The molecule has 2 unspecified atom stereocenters. The maximum Gasteiger partial charge on any atom is 0.141 e. The number of aliphatic hydroxyl groups excluding tert-OH is 1. The Bertz CT molecular complexity index is 427. The topological polar surface area (TPSA) is 55.5 Å². The number of hydrogen-bond acceptors (Lipinski definition) is 3. The lowest BCUT2D eigenvalue weighted by Gasteiger charge is -2.22. The van der Waals surface area contributed by atoms with Gasteiger partial charge in [0, 0.05) is 17.1 Å². The molecule has 0 saturated heterocycles. The number of halogens is 2. The first-order chi connectivity index (χ1) is 9.53. The third-order valence-electron chi connectivity index (χ3n) is 3.25. The summed E-state index contributed by atoms with van der Waals surface area (Å²) in [5.41, 5.74) is 6.45. The van der Waals surface area contributed by atoms with Gasteiger partial charge in [-0.05, 0) is 37.3 Å². The summed E-state index contributed by atoms with van der Waals surface area (Å²) in [6, 6.07) is 3.56. The molecular formula is C15H23Cl2NO2. The molecule has 3 nitrogen and oxygen atoms in total. The van der Waals surface area contributed by atoms with Crippen LogP contribution in [0.1, 0.15) is 44.6 Å². The summed E-state index contributed by atoms with van der Waals surface area (Å²) in [6.45, 7) is 4.95. The van der Waals surface area contributed by atoms with Gasteiger partial charge >= 0.3 is 0 Å². The zero-order chi connectivity index (χ0) is 15.1. The molecule has 1 aromatic carbocycles. The summed E-state index contributed by atoms with van der Waals surface area (Å²) in [6.07, 6.45) is 1.81. The summed E-state index contributed by atoms with van der Waals surface area (Å²) in [7, 11) is 0. The van der Waals surface area contributed by atoms with Gasteiger partial charge in [-0.1, -0.05) is 37.0 Å². The summed E-state index contributed by atoms with van der Waals surface area (Å²) < 4.78 is 5.77. The normalized spacial score (nSPS) is 14.1. The van der Waals surface area contributed by atoms with Gasteiger partial charge < -0.3 is 15.6 Å². The molecule has 0 amide bonds. The highest BCUT2D eigenvalue weighted by Gasteiger charge is 2.21. The molecule has 0 aliphatic rings. The van der Waals surface area contributed by atoms with Crippen LogP contribution in [0.5, 0.6) is 5.75 Å². The Kier molecular flexibility index (Phi) is 7.67. The van der Waals surface area contributed by atoms with Crippen LogP contribution in [-0.4, -0.2) is 24.4 Å². The predicted molar refractivity (Wildman–Crippen MR) is 85.0 cm³/mol. The van der Waals surface area contributed by atoms with E-state index >= 15 is 0 Å². The lowest BCUT2D eigenvalue weighted by molar-refractivity contribution is 0.161. The third-order valence-corrected chi connectivity index (χ3v) is 3.75. The highest BCUT2D eigenvalue weighted by Crippen LogP contribution is 2.39. The minimum Gasteiger partial charge on any atom is -0.492 e. The molecule has 0 saturated carbocycles. The molecule has 0 aliphatic carbocycles. The van der Waals surface area contributed by atoms with E-state index in [9.17, 15) is 5.11 Å². The van der Waals surface area contributed by atoms with Crippen molar-refractivity contribution >= 4 is 23.2 Å². The number of rotatable bonds is 8. The van der Waals surface area contributed by atoms with Gasteiger partial charge in [-0.3, -0.25) is 0 Å². The Hall–Kier alpha value is -0.480. The van der Waals surface area contributed by atoms with Gasteiger partial charge in [0.2, 0.25) is 0 Å². The molecule has 20 heavy (non-hydrogen) atoms. The summed E-state index contributed by atoms with van der Waals surface area (Å²) >= 11 is 12.3. The molecule has 0 aromatic heterocycles. The van der Waals surface area contributed by atoms with Crippen molar-refractivity contribution < 1.29 is 9.84 Å². The number of hydrogen-bond donors (Lipinski definition) is 2. The molecule has 2 atom stereocenters. The van der Waals surface area contributed by atoms with Crippen LogP contribution in [0, 0.1) is 0 Å². The maximum atomic E-state index is 9.79. The Balaban J connectivity index is 3.10. The van der Waals surface area contributed by atoms with Crippen LogP contribution in [-0.2, 0) is 0 Å². The minimum absolute atomic E-state index is 0.122. The molecule has 0 radical (unpaired) electrons. The van der Waals surface area contributed by atoms with Gasteiger partial charge in [0.05, 0.1) is 17.7 Å². The number of aliphatic hydroxyl groups is 1. The van der Waals surface area contributed by atoms with Gasteiger partial charge in [0.25, 0.3) is 0 Å². The fourth-order valence-electron chi connectivity index (χ4n) is 2.18. The Morgan fingerprint density at radius 2 is 2.00 bits per heavy atom. The zero-order valence-electron chi connectivity index (χ0n) is 12.0. The van der Waals surface area contributed by atoms with Crippen LogP contribution in [0.3, 0.4) is 0 Å². The van der Waals surface area contributed by atoms with E-state index in [4.69, 9.17) is 33.7 Å². The maximum absolute atomic E-state index is 9.79. The van der Waals surface area contributed by atoms with Crippen molar-refractivity contribution in [2.24, 2.45) is 5.73 Å². The molecule has 0 aliphatic heterocycles. The molecule has 3 N–H and O–H groups in total. The Labute approximate surface area is 131 Å². The van der Waals surface area contributed by atoms with E-state index in [-0.39, 0.29) is 12.5 Å². The second-order valence-electron chi connectivity index (χ2n) is 4.88. The van der Waals surface area contributed by atoms with E-state index in [1.54, 1.807) is 6.07 Å². The van der Waals surface area contributed by atoms with Crippen LogP contribution >= 0.6 is 23.2 Å². The van der Waals surface area contributed by atoms with Crippen LogP contribution in [0.2, 0.25) is 10.0 Å². The van der Waals surface area contributed by atoms with Crippen LogP contribution in [0.4, 0.5) is 0 Å². The molecule has 1 aromatic rings. The SMILES string of the molecule is CCCOc1c(Cl)cc(Cl)cc1C(CC)CC(O)CN. The van der Waals surface area contributed by atoms with E-state index in [0.29, 0.717) is 28.8 Å². The first kappa shape index (κ1) is 17.6. The first-order valence-corrected chi connectivity index (χ1v) is 7.78. The van der Waals surface area contributed by atoms with E-state index in [0.717, 1.165) is 18.4 Å². The van der Waals surface area contributed by atoms with Crippen molar-refractivity contribution in [3.05, 3.63) is 27.7 Å². The molecule has 5 heteroatoms. The average molecular weight is 320 g/mol. The number of nitrogens with two attached hydrogens (primary N) is 1. The van der Waals surface area contributed by atoms with Gasteiger partial charge in [-0.25, -0.2) is 0 Å². The lowest BCUT2D eigenvalue weighted by atomic mass is 9.90. The van der Waals surface area contributed by atoms with Gasteiger partial charge in [0.1, 0.15) is 5.75 Å². The van der Waals surface area contributed by atoms with E-state index in [1.807, 2.05) is 13.0 Å². The quantitative estimate of drug-likeness (QED) is 0.761. The molecule has 0 bridgehead atoms. The minimum atomic E-state index is -0.531. The smallest absolute Gasteiger partial charge is 0.141 e. The molecule has 0 spiro atoms. The first-order valence-electron chi connectivity index (χ1n) is 7.03. The van der Waals surface area contributed by atoms with Gasteiger partial charge in [0.15, 0.2) is 0 Å². The summed E-state index contributed by atoms with van der Waals surface area (Å²) in [4.78, 5) is 0. The fourth-order valence-corrected chi connectivity index (χ4v) is 2.74. The lowest BCUT2D eigenvalue weighted by Crippen LogP contribution is -2.22. The predicted octanol–water partition coefficient (Wildman–Crippen LogP) is 3.99. The number of benzene rings is 1.